The Morgan fingerprint density at radius 1 is 1.15 bits per heavy atom. The predicted molar refractivity (Wildman–Crippen MR) is 108 cm³/mol. The van der Waals surface area contributed by atoms with Crippen LogP contribution in [0.4, 0.5) is 0 Å². The minimum Gasteiger partial charge on any atom is -0.504 e. The van der Waals surface area contributed by atoms with Gasteiger partial charge in [0.1, 0.15) is 0 Å². The molecule has 0 aliphatic carbocycles. The monoisotopic (exact) mass is 384 g/mol. The number of fused-ring (bicyclic) bond motifs is 1. The fraction of sp³-hybridized carbons (Fsp3) is 0.381. The van der Waals surface area contributed by atoms with Crippen molar-refractivity contribution in [3.05, 3.63) is 53.1 Å². The predicted octanol–water partition coefficient (Wildman–Crippen LogP) is 3.66. The summed E-state index contributed by atoms with van der Waals surface area (Å²) in [5.41, 5.74) is 2.16. The van der Waals surface area contributed by atoms with Crippen LogP contribution in [0.2, 0.25) is 0 Å². The second-order valence-corrected chi connectivity index (χ2v) is 8.67. The molecule has 6 heteroatoms. The number of phenolic OH excluding ortho intramolecular Hbond substituents is 2. The first-order valence-electron chi connectivity index (χ1n) is 9.09. The lowest BCUT2D eigenvalue weighted by Gasteiger charge is -2.50. The van der Waals surface area contributed by atoms with Crippen molar-refractivity contribution < 1.29 is 14.9 Å². The highest BCUT2D eigenvalue weighted by Gasteiger charge is 2.49. The maximum Gasteiger partial charge on any atom is 0.200 e. The third kappa shape index (κ3) is 3.18. The molecular formula is C21H24N2O3S. The Morgan fingerprint density at radius 3 is 2.63 bits per heavy atom. The normalized spacial score (nSPS) is 25.9. The fourth-order valence-electron chi connectivity index (χ4n) is 4.35. The lowest BCUT2D eigenvalue weighted by atomic mass is 9.77. The Balaban J connectivity index is 1.87. The molecule has 2 aliphatic heterocycles. The summed E-state index contributed by atoms with van der Waals surface area (Å²) in [5, 5.41) is 27.6. The maximum absolute atomic E-state index is 10.5. The van der Waals surface area contributed by atoms with Crippen molar-refractivity contribution in [2.75, 3.05) is 0 Å². The molecule has 0 unspecified atom stereocenters. The van der Waals surface area contributed by atoms with Crippen molar-refractivity contribution >= 4 is 17.3 Å². The molecule has 2 aromatic carbocycles. The van der Waals surface area contributed by atoms with Crippen LogP contribution in [-0.2, 0) is 0 Å². The van der Waals surface area contributed by atoms with E-state index in [-0.39, 0.29) is 23.0 Å². The molecule has 4 rings (SSSR count). The van der Waals surface area contributed by atoms with Gasteiger partial charge in [-0.25, -0.2) is 0 Å². The van der Waals surface area contributed by atoms with Crippen LogP contribution in [0.25, 0.3) is 0 Å². The van der Waals surface area contributed by atoms with E-state index in [2.05, 4.69) is 49.6 Å². The Bertz CT molecular complexity index is 928. The van der Waals surface area contributed by atoms with E-state index in [0.717, 1.165) is 11.1 Å². The van der Waals surface area contributed by atoms with Gasteiger partial charge in [-0.15, -0.1) is 0 Å². The summed E-state index contributed by atoms with van der Waals surface area (Å²) in [5.74, 6) is -0.0945. The van der Waals surface area contributed by atoms with E-state index in [1.54, 1.807) is 0 Å². The maximum atomic E-state index is 10.5. The summed E-state index contributed by atoms with van der Waals surface area (Å²) < 4.78 is 6.31. The van der Waals surface area contributed by atoms with Crippen LogP contribution in [0.5, 0.6) is 17.2 Å². The highest BCUT2D eigenvalue weighted by atomic mass is 32.1. The molecule has 1 spiro atoms. The quantitative estimate of drug-likeness (QED) is 0.444. The Morgan fingerprint density at radius 2 is 1.93 bits per heavy atom. The first-order valence-corrected chi connectivity index (χ1v) is 9.50. The molecule has 2 atom stereocenters. The van der Waals surface area contributed by atoms with Gasteiger partial charge in [0.15, 0.2) is 22.3 Å². The van der Waals surface area contributed by atoms with Gasteiger partial charge in [-0.05, 0) is 44.6 Å². The lowest BCUT2D eigenvalue weighted by molar-refractivity contribution is -0.0150. The van der Waals surface area contributed by atoms with Crippen LogP contribution in [0.15, 0.2) is 36.4 Å². The van der Waals surface area contributed by atoms with Crippen LogP contribution in [0.1, 0.15) is 49.3 Å². The molecular weight excluding hydrogens is 360 g/mol. The van der Waals surface area contributed by atoms with Gasteiger partial charge in [0, 0.05) is 29.9 Å². The number of nitrogens with one attached hydrogen (secondary N) is 2. The third-order valence-corrected chi connectivity index (χ3v) is 5.52. The summed E-state index contributed by atoms with van der Waals surface area (Å²) >= 11 is 5.43. The zero-order valence-corrected chi connectivity index (χ0v) is 16.5. The molecule has 4 N–H and O–H groups in total. The molecule has 5 nitrogen and oxygen atoms in total. The van der Waals surface area contributed by atoms with E-state index in [1.807, 2.05) is 12.1 Å². The molecule has 1 fully saturated rings. The highest BCUT2D eigenvalue weighted by molar-refractivity contribution is 7.80. The summed E-state index contributed by atoms with van der Waals surface area (Å²) in [6.07, 6.45) is 1.32. The van der Waals surface area contributed by atoms with Crippen molar-refractivity contribution in [2.45, 2.75) is 50.8 Å². The van der Waals surface area contributed by atoms with E-state index in [9.17, 15) is 10.2 Å². The SMILES string of the molecule is Cc1cccc([C@@H]2C[C@]3(CC(C)(C)NC(=S)N3)Oc3c2ccc(O)c3O)c1. The fourth-order valence-corrected chi connectivity index (χ4v) is 4.81. The zero-order chi connectivity index (χ0) is 19.4. The summed E-state index contributed by atoms with van der Waals surface area (Å²) in [6, 6.07) is 11.7. The number of thiocarbonyl (C=S) groups is 1. The molecule has 0 bridgehead atoms. The van der Waals surface area contributed by atoms with Gasteiger partial charge in [0.25, 0.3) is 0 Å². The van der Waals surface area contributed by atoms with E-state index in [0.29, 0.717) is 23.7 Å². The molecule has 0 aromatic heterocycles. The minimum absolute atomic E-state index is 0.00403. The molecule has 0 radical (unpaired) electrons. The second-order valence-electron chi connectivity index (χ2n) is 8.26. The summed E-state index contributed by atoms with van der Waals surface area (Å²) in [6.45, 7) is 6.21. The smallest absolute Gasteiger partial charge is 0.200 e. The zero-order valence-electron chi connectivity index (χ0n) is 15.7. The Kier molecular flexibility index (Phi) is 4.00. The van der Waals surface area contributed by atoms with Crippen LogP contribution >= 0.6 is 12.2 Å². The van der Waals surface area contributed by atoms with Crippen molar-refractivity contribution in [2.24, 2.45) is 0 Å². The Labute approximate surface area is 164 Å². The number of rotatable bonds is 1. The summed E-state index contributed by atoms with van der Waals surface area (Å²) in [4.78, 5) is 0. The molecule has 0 amide bonds. The standard InChI is InChI=1S/C21H24N2O3S/c1-12-5-4-6-13(9-12)15-10-21(11-20(2,3)22-19(27)23-21)26-18-14(15)7-8-16(24)17(18)25/h4-9,15,24-25H,10-11H2,1-3H3,(H2,22,23,27)/t15-,21+/m0/s1. The van der Waals surface area contributed by atoms with Gasteiger partial charge in [-0.2, -0.15) is 0 Å². The topological polar surface area (TPSA) is 73.8 Å². The number of phenols is 2. The minimum atomic E-state index is -0.765. The molecule has 1 saturated heterocycles. The van der Waals surface area contributed by atoms with E-state index < -0.39 is 5.72 Å². The van der Waals surface area contributed by atoms with Crippen molar-refractivity contribution in [3.63, 3.8) is 0 Å². The van der Waals surface area contributed by atoms with Gasteiger partial charge in [0.2, 0.25) is 5.75 Å². The second kappa shape index (κ2) is 6.02. The molecule has 2 aromatic rings. The molecule has 0 saturated carbocycles. The molecule has 27 heavy (non-hydrogen) atoms. The van der Waals surface area contributed by atoms with Gasteiger partial charge in [-0.3, -0.25) is 0 Å². The van der Waals surface area contributed by atoms with Gasteiger partial charge in [0.05, 0.1) is 0 Å². The van der Waals surface area contributed by atoms with Crippen molar-refractivity contribution in [3.8, 4) is 17.2 Å². The average Bonchev–Trinajstić information content (AvgIpc) is 2.56. The number of aryl methyl sites for hydroxylation is 1. The van der Waals surface area contributed by atoms with Gasteiger partial charge >= 0.3 is 0 Å². The van der Waals surface area contributed by atoms with Crippen LogP contribution in [-0.4, -0.2) is 26.6 Å². The highest BCUT2D eigenvalue weighted by Crippen LogP contribution is 2.52. The van der Waals surface area contributed by atoms with E-state index in [1.165, 1.54) is 11.6 Å². The number of hydrogen-bond acceptors (Lipinski definition) is 4. The molecule has 2 aliphatic rings. The van der Waals surface area contributed by atoms with Gasteiger partial charge < -0.3 is 25.6 Å². The van der Waals surface area contributed by atoms with E-state index in [4.69, 9.17) is 17.0 Å². The largest absolute Gasteiger partial charge is 0.504 e. The first-order chi connectivity index (χ1) is 12.7. The number of ether oxygens (including phenoxy) is 1. The Hall–Kier alpha value is -2.47. The van der Waals surface area contributed by atoms with Crippen molar-refractivity contribution in [1.82, 2.24) is 10.6 Å². The van der Waals surface area contributed by atoms with Crippen LogP contribution < -0.4 is 15.4 Å². The van der Waals surface area contributed by atoms with Crippen molar-refractivity contribution in [1.29, 1.82) is 0 Å². The molecule has 2 heterocycles. The molecule has 142 valence electrons. The average molecular weight is 385 g/mol. The number of hydrogen-bond donors (Lipinski definition) is 4. The van der Waals surface area contributed by atoms with Crippen LogP contribution in [0, 0.1) is 6.92 Å². The summed E-state index contributed by atoms with van der Waals surface area (Å²) in [7, 11) is 0. The van der Waals surface area contributed by atoms with Gasteiger partial charge in [-0.1, -0.05) is 35.9 Å². The first kappa shape index (κ1) is 17.9. The lowest BCUT2D eigenvalue weighted by Crippen LogP contribution is -2.69. The number of benzene rings is 2. The van der Waals surface area contributed by atoms with Crippen LogP contribution in [0.3, 0.4) is 0 Å². The number of aromatic hydroxyl groups is 2. The van der Waals surface area contributed by atoms with E-state index >= 15 is 0 Å². The third-order valence-electron chi connectivity index (χ3n) is 5.31.